The predicted octanol–water partition coefficient (Wildman–Crippen LogP) is 1.30. The fourth-order valence-corrected chi connectivity index (χ4v) is 4.05. The minimum Gasteiger partial charge on any atom is -0.454 e. The second-order valence-corrected chi connectivity index (χ2v) is 7.03. The molecule has 1 aliphatic carbocycles. The predicted molar refractivity (Wildman–Crippen MR) is 88.3 cm³/mol. The molecular formula is C18H22N2O5. The van der Waals surface area contributed by atoms with E-state index in [1.807, 2.05) is 4.90 Å². The lowest BCUT2D eigenvalue weighted by atomic mass is 9.60. The van der Waals surface area contributed by atoms with Crippen LogP contribution in [0.2, 0.25) is 0 Å². The first-order chi connectivity index (χ1) is 12.1. The molecule has 0 aromatic heterocycles. The van der Waals surface area contributed by atoms with Gasteiger partial charge in [-0.2, -0.15) is 0 Å². The number of likely N-dealkylation sites (tertiary alicyclic amines) is 1. The van der Waals surface area contributed by atoms with Crippen molar-refractivity contribution in [1.29, 1.82) is 0 Å². The number of benzene rings is 1. The third-order valence-electron chi connectivity index (χ3n) is 5.68. The molecule has 2 heterocycles. The van der Waals surface area contributed by atoms with E-state index in [2.05, 4.69) is 0 Å². The van der Waals surface area contributed by atoms with E-state index in [0.29, 0.717) is 30.2 Å². The van der Waals surface area contributed by atoms with Crippen molar-refractivity contribution in [2.45, 2.75) is 31.8 Å². The lowest BCUT2D eigenvalue weighted by molar-refractivity contribution is -0.148. The van der Waals surface area contributed by atoms with Crippen LogP contribution in [0.3, 0.4) is 0 Å². The molecule has 1 atom stereocenters. The minimum atomic E-state index is -0.433. The third-order valence-corrected chi connectivity index (χ3v) is 5.68. The summed E-state index contributed by atoms with van der Waals surface area (Å²) >= 11 is 0. The van der Waals surface area contributed by atoms with Gasteiger partial charge in [0.25, 0.3) is 5.91 Å². The Morgan fingerprint density at radius 3 is 2.64 bits per heavy atom. The van der Waals surface area contributed by atoms with Gasteiger partial charge in [-0.1, -0.05) is 0 Å². The van der Waals surface area contributed by atoms with Crippen molar-refractivity contribution < 1.29 is 23.8 Å². The second kappa shape index (κ2) is 6.22. The Morgan fingerprint density at radius 1 is 1.20 bits per heavy atom. The van der Waals surface area contributed by atoms with Crippen LogP contribution < -0.4 is 15.2 Å². The molecule has 1 saturated heterocycles. The number of nitrogens with two attached hydrogens (primary N) is 1. The van der Waals surface area contributed by atoms with Crippen LogP contribution in [-0.2, 0) is 9.53 Å². The maximum absolute atomic E-state index is 12.8. The molecule has 0 radical (unpaired) electrons. The summed E-state index contributed by atoms with van der Waals surface area (Å²) in [6, 6.07) is 5.31. The lowest BCUT2D eigenvalue weighted by Gasteiger charge is -2.53. The fourth-order valence-electron chi connectivity index (χ4n) is 4.05. The van der Waals surface area contributed by atoms with E-state index in [4.69, 9.17) is 19.9 Å². The smallest absolute Gasteiger partial charge is 0.253 e. The number of hydrogen-bond donors (Lipinski definition) is 1. The number of ether oxygens (including phenoxy) is 3. The molecule has 1 aromatic rings. The Bertz CT molecular complexity index is 697. The number of piperidine rings is 1. The average Bonchev–Trinajstić information content (AvgIpc) is 3.08. The summed E-state index contributed by atoms with van der Waals surface area (Å²) in [5, 5.41) is 0. The Labute approximate surface area is 146 Å². The molecule has 4 rings (SSSR count). The largest absolute Gasteiger partial charge is 0.454 e. The highest BCUT2D eigenvalue weighted by molar-refractivity contribution is 5.95. The highest BCUT2D eigenvalue weighted by Crippen LogP contribution is 2.50. The zero-order valence-electron chi connectivity index (χ0n) is 14.0. The van der Waals surface area contributed by atoms with Crippen molar-refractivity contribution in [1.82, 2.24) is 4.90 Å². The van der Waals surface area contributed by atoms with Gasteiger partial charge in [-0.25, -0.2) is 0 Å². The summed E-state index contributed by atoms with van der Waals surface area (Å²) in [6.45, 7) is 1.57. The molecule has 0 bridgehead atoms. The molecule has 3 aliphatic rings. The highest BCUT2D eigenvalue weighted by atomic mass is 16.7. The van der Waals surface area contributed by atoms with Crippen molar-refractivity contribution in [3.63, 3.8) is 0 Å². The van der Waals surface area contributed by atoms with Crippen LogP contribution >= 0.6 is 0 Å². The fraction of sp³-hybridized carbons (Fsp3) is 0.556. The van der Waals surface area contributed by atoms with E-state index in [9.17, 15) is 9.59 Å². The molecule has 2 amide bonds. The molecule has 2 aliphatic heterocycles. The number of rotatable bonds is 4. The van der Waals surface area contributed by atoms with E-state index in [-0.39, 0.29) is 30.8 Å². The van der Waals surface area contributed by atoms with Crippen molar-refractivity contribution in [2.75, 3.05) is 26.5 Å². The number of amides is 2. The molecule has 7 heteroatoms. The molecule has 2 fully saturated rings. The number of nitrogens with zero attached hydrogens (tertiary/aromatic N) is 1. The standard InChI is InChI=1S/C18H22N2O5/c19-16(21)10-23-15-3-4-18(15)5-7-20(8-6-18)17(22)12-1-2-13-14(9-12)25-11-24-13/h1-2,9,15H,3-8,10-11H2,(H2,19,21). The van der Waals surface area contributed by atoms with Crippen LogP contribution in [0.1, 0.15) is 36.0 Å². The van der Waals surface area contributed by atoms with E-state index < -0.39 is 5.91 Å². The summed E-state index contributed by atoms with van der Waals surface area (Å²) < 4.78 is 16.3. The van der Waals surface area contributed by atoms with Crippen molar-refractivity contribution >= 4 is 11.8 Å². The monoisotopic (exact) mass is 346 g/mol. The Kier molecular flexibility index (Phi) is 4.03. The van der Waals surface area contributed by atoms with E-state index >= 15 is 0 Å². The van der Waals surface area contributed by atoms with Crippen LogP contribution in [0.15, 0.2) is 18.2 Å². The molecule has 134 valence electrons. The summed E-state index contributed by atoms with van der Waals surface area (Å²) in [6.07, 6.45) is 3.92. The molecule has 1 aromatic carbocycles. The van der Waals surface area contributed by atoms with E-state index in [0.717, 1.165) is 25.7 Å². The second-order valence-electron chi connectivity index (χ2n) is 7.03. The minimum absolute atomic E-state index is 0.0158. The van der Waals surface area contributed by atoms with Crippen LogP contribution in [0.4, 0.5) is 0 Å². The Hall–Kier alpha value is -2.28. The van der Waals surface area contributed by atoms with Gasteiger partial charge in [-0.3, -0.25) is 9.59 Å². The van der Waals surface area contributed by atoms with Gasteiger partial charge in [0.15, 0.2) is 11.5 Å². The zero-order chi connectivity index (χ0) is 17.4. The normalized spacial score (nSPS) is 23.4. The Balaban J connectivity index is 1.37. The molecular weight excluding hydrogens is 324 g/mol. The number of primary amides is 1. The first-order valence-corrected chi connectivity index (χ1v) is 8.66. The number of fused-ring (bicyclic) bond motifs is 1. The van der Waals surface area contributed by atoms with Crippen molar-refractivity contribution in [3.8, 4) is 11.5 Å². The molecule has 1 spiro atoms. The van der Waals surface area contributed by atoms with Gasteiger partial charge >= 0.3 is 0 Å². The van der Waals surface area contributed by atoms with Crippen molar-refractivity contribution in [3.05, 3.63) is 23.8 Å². The SMILES string of the molecule is NC(=O)COC1CCC12CCN(C(=O)c1ccc3c(c1)OCO3)CC2. The maximum Gasteiger partial charge on any atom is 0.253 e. The molecule has 25 heavy (non-hydrogen) atoms. The third kappa shape index (κ3) is 2.93. The topological polar surface area (TPSA) is 91.1 Å². The molecule has 2 N–H and O–H groups in total. The quantitative estimate of drug-likeness (QED) is 0.887. The zero-order valence-corrected chi connectivity index (χ0v) is 14.0. The first-order valence-electron chi connectivity index (χ1n) is 8.66. The summed E-state index contributed by atoms with van der Waals surface area (Å²) in [5.41, 5.74) is 5.89. The molecule has 1 unspecified atom stereocenters. The van der Waals surface area contributed by atoms with E-state index in [1.54, 1.807) is 18.2 Å². The number of carbonyl (C=O) groups excluding carboxylic acids is 2. The number of carbonyl (C=O) groups is 2. The maximum atomic E-state index is 12.8. The summed E-state index contributed by atoms with van der Waals surface area (Å²) in [7, 11) is 0. The van der Waals surface area contributed by atoms with Gasteiger partial charge in [-0.15, -0.1) is 0 Å². The molecule has 1 saturated carbocycles. The van der Waals surface area contributed by atoms with E-state index in [1.165, 1.54) is 0 Å². The van der Waals surface area contributed by atoms with Crippen LogP contribution in [0.5, 0.6) is 11.5 Å². The van der Waals surface area contributed by atoms with Crippen LogP contribution in [0, 0.1) is 5.41 Å². The first kappa shape index (κ1) is 16.2. The van der Waals surface area contributed by atoms with Gasteiger partial charge in [0, 0.05) is 24.1 Å². The van der Waals surface area contributed by atoms with Gasteiger partial charge in [-0.05, 0) is 43.9 Å². The molecule has 7 nitrogen and oxygen atoms in total. The lowest BCUT2D eigenvalue weighted by Crippen LogP contribution is -2.54. The van der Waals surface area contributed by atoms with Gasteiger partial charge in [0.1, 0.15) is 6.61 Å². The highest BCUT2D eigenvalue weighted by Gasteiger charge is 2.49. The van der Waals surface area contributed by atoms with Crippen LogP contribution in [0.25, 0.3) is 0 Å². The average molecular weight is 346 g/mol. The summed E-state index contributed by atoms with van der Waals surface area (Å²) in [4.78, 5) is 25.6. The number of hydrogen-bond acceptors (Lipinski definition) is 5. The Morgan fingerprint density at radius 2 is 1.96 bits per heavy atom. The summed E-state index contributed by atoms with van der Waals surface area (Å²) in [5.74, 6) is 0.885. The van der Waals surface area contributed by atoms with Gasteiger partial charge < -0.3 is 24.8 Å². The van der Waals surface area contributed by atoms with Crippen LogP contribution in [-0.4, -0.2) is 49.3 Å². The van der Waals surface area contributed by atoms with Gasteiger partial charge in [0.05, 0.1) is 6.10 Å². The van der Waals surface area contributed by atoms with Crippen molar-refractivity contribution in [2.24, 2.45) is 11.1 Å². The van der Waals surface area contributed by atoms with Gasteiger partial charge in [0.2, 0.25) is 12.7 Å².